The van der Waals surface area contributed by atoms with E-state index in [1.807, 2.05) is 18.3 Å². The molecule has 0 aliphatic heterocycles. The summed E-state index contributed by atoms with van der Waals surface area (Å²) in [5.41, 5.74) is 1.00. The van der Waals surface area contributed by atoms with Gasteiger partial charge in [0.05, 0.1) is 10.0 Å². The summed E-state index contributed by atoms with van der Waals surface area (Å²) < 4.78 is 0. The Bertz CT molecular complexity index is 484. The largest absolute Gasteiger partial charge is 0.244 e. The summed E-state index contributed by atoms with van der Waals surface area (Å²) in [6.07, 6.45) is 1.86. The topological polar surface area (TPSA) is 12.9 Å². The monoisotopic (exact) mass is 321 g/mol. The van der Waals surface area contributed by atoms with E-state index in [0.29, 0.717) is 10.0 Å². The minimum Gasteiger partial charge on any atom is -0.244 e. The predicted octanol–water partition coefficient (Wildman–Crippen LogP) is 5.01. The van der Waals surface area contributed by atoms with E-state index in [1.54, 1.807) is 17.4 Å². The average molecular weight is 323 g/mol. The molecule has 0 spiro atoms. The van der Waals surface area contributed by atoms with E-state index in [1.165, 1.54) is 4.88 Å². The van der Waals surface area contributed by atoms with Crippen LogP contribution in [-0.4, -0.2) is 4.98 Å². The van der Waals surface area contributed by atoms with Gasteiger partial charge in [0.2, 0.25) is 0 Å². The second-order valence-corrected chi connectivity index (χ2v) is 5.38. The minimum atomic E-state index is 0.560. The lowest BCUT2D eigenvalue weighted by Crippen LogP contribution is -1.75. The van der Waals surface area contributed by atoms with Crippen LogP contribution in [0, 0.1) is 0 Å². The van der Waals surface area contributed by atoms with E-state index in [4.69, 9.17) is 23.2 Å². The standard InChI is InChI=1S/C10H6BrCl2NS/c11-4-7-5-14-10(15-7)6-1-2-8(12)9(13)3-6/h1-3,5H,4H2. The van der Waals surface area contributed by atoms with Crippen molar-refractivity contribution in [3.8, 4) is 10.6 Å². The van der Waals surface area contributed by atoms with Crippen molar-refractivity contribution < 1.29 is 0 Å². The summed E-state index contributed by atoms with van der Waals surface area (Å²) in [5.74, 6) is 0. The van der Waals surface area contributed by atoms with E-state index in [-0.39, 0.29) is 0 Å². The van der Waals surface area contributed by atoms with Crippen molar-refractivity contribution in [2.24, 2.45) is 0 Å². The number of rotatable bonds is 2. The van der Waals surface area contributed by atoms with Gasteiger partial charge in [-0.3, -0.25) is 0 Å². The molecule has 1 heterocycles. The lowest BCUT2D eigenvalue weighted by Gasteiger charge is -1.98. The maximum absolute atomic E-state index is 5.94. The Morgan fingerprint density at radius 3 is 2.67 bits per heavy atom. The highest BCUT2D eigenvalue weighted by atomic mass is 79.9. The van der Waals surface area contributed by atoms with Crippen LogP contribution in [0.25, 0.3) is 10.6 Å². The molecule has 1 aromatic carbocycles. The smallest absolute Gasteiger partial charge is 0.123 e. The van der Waals surface area contributed by atoms with E-state index < -0.39 is 0 Å². The van der Waals surface area contributed by atoms with E-state index in [2.05, 4.69) is 20.9 Å². The molecule has 0 saturated heterocycles. The number of hydrogen-bond acceptors (Lipinski definition) is 2. The summed E-state index contributed by atoms with van der Waals surface area (Å²) in [6, 6.07) is 5.54. The lowest BCUT2D eigenvalue weighted by molar-refractivity contribution is 1.37. The van der Waals surface area contributed by atoms with Crippen LogP contribution in [0.15, 0.2) is 24.4 Å². The third-order valence-corrected chi connectivity index (χ3v) is 4.61. The van der Waals surface area contributed by atoms with Crippen LogP contribution in [0.5, 0.6) is 0 Å². The number of aromatic nitrogens is 1. The quantitative estimate of drug-likeness (QED) is 0.708. The zero-order valence-corrected chi connectivity index (χ0v) is 11.4. The molecule has 5 heteroatoms. The molecule has 15 heavy (non-hydrogen) atoms. The van der Waals surface area contributed by atoms with Crippen LogP contribution in [0.1, 0.15) is 4.88 Å². The first kappa shape index (κ1) is 11.4. The molecule has 78 valence electrons. The molecule has 2 aromatic rings. The Labute approximate surface area is 110 Å². The summed E-state index contributed by atoms with van der Waals surface area (Å²) in [4.78, 5) is 5.51. The second-order valence-electron chi connectivity index (χ2n) is 2.89. The predicted molar refractivity (Wildman–Crippen MR) is 70.2 cm³/mol. The van der Waals surface area contributed by atoms with Crippen molar-refractivity contribution in [1.29, 1.82) is 0 Å². The van der Waals surface area contributed by atoms with Crippen LogP contribution in [0.3, 0.4) is 0 Å². The van der Waals surface area contributed by atoms with Gasteiger partial charge in [-0.2, -0.15) is 0 Å². The molecule has 0 aliphatic carbocycles. The molecule has 0 radical (unpaired) electrons. The van der Waals surface area contributed by atoms with Crippen molar-refractivity contribution in [3.05, 3.63) is 39.3 Å². The number of hydrogen-bond donors (Lipinski definition) is 0. The molecule has 1 aromatic heterocycles. The Kier molecular flexibility index (Phi) is 3.67. The average Bonchev–Trinajstić information content (AvgIpc) is 2.70. The summed E-state index contributed by atoms with van der Waals surface area (Å²) >= 11 is 16.8. The first-order valence-electron chi connectivity index (χ1n) is 4.17. The summed E-state index contributed by atoms with van der Waals surface area (Å²) in [7, 11) is 0. The van der Waals surface area contributed by atoms with Crippen LogP contribution in [0.2, 0.25) is 10.0 Å². The van der Waals surface area contributed by atoms with Crippen molar-refractivity contribution in [2.45, 2.75) is 5.33 Å². The highest BCUT2D eigenvalue weighted by molar-refractivity contribution is 9.08. The fourth-order valence-corrected chi connectivity index (χ4v) is 2.68. The second kappa shape index (κ2) is 4.83. The van der Waals surface area contributed by atoms with Gasteiger partial charge in [-0.1, -0.05) is 45.2 Å². The maximum atomic E-state index is 5.94. The Morgan fingerprint density at radius 1 is 1.27 bits per heavy atom. The fourth-order valence-electron chi connectivity index (χ4n) is 1.13. The van der Waals surface area contributed by atoms with E-state index >= 15 is 0 Å². The molecular formula is C10H6BrCl2NS. The summed E-state index contributed by atoms with van der Waals surface area (Å²) in [5, 5.41) is 2.91. The Morgan fingerprint density at radius 2 is 2.07 bits per heavy atom. The van der Waals surface area contributed by atoms with Gasteiger partial charge in [0.25, 0.3) is 0 Å². The maximum Gasteiger partial charge on any atom is 0.123 e. The Hall–Kier alpha value is -0.0900. The minimum absolute atomic E-state index is 0.560. The fraction of sp³-hybridized carbons (Fsp3) is 0.100. The number of thiazole rings is 1. The third kappa shape index (κ3) is 2.53. The van der Waals surface area contributed by atoms with Gasteiger partial charge in [-0.15, -0.1) is 11.3 Å². The molecule has 0 aliphatic rings. The molecule has 0 saturated carbocycles. The van der Waals surface area contributed by atoms with Crippen molar-refractivity contribution in [2.75, 3.05) is 0 Å². The number of halogens is 3. The molecule has 0 atom stereocenters. The lowest BCUT2D eigenvalue weighted by atomic mass is 10.2. The van der Waals surface area contributed by atoms with E-state index in [0.717, 1.165) is 15.9 Å². The van der Waals surface area contributed by atoms with Gasteiger partial charge in [0.15, 0.2) is 0 Å². The zero-order valence-electron chi connectivity index (χ0n) is 7.51. The molecule has 0 fully saturated rings. The highest BCUT2D eigenvalue weighted by Crippen LogP contribution is 2.31. The molecule has 2 rings (SSSR count). The van der Waals surface area contributed by atoms with Crippen LogP contribution in [0.4, 0.5) is 0 Å². The van der Waals surface area contributed by atoms with Crippen LogP contribution in [-0.2, 0) is 5.33 Å². The summed E-state index contributed by atoms with van der Waals surface area (Å²) in [6.45, 7) is 0. The first-order chi connectivity index (χ1) is 7.20. The van der Waals surface area contributed by atoms with Crippen molar-refractivity contribution >= 4 is 50.5 Å². The highest BCUT2D eigenvalue weighted by Gasteiger charge is 2.06. The molecule has 0 unspecified atom stereocenters. The molecule has 1 nitrogen and oxygen atoms in total. The number of nitrogens with zero attached hydrogens (tertiary/aromatic N) is 1. The SMILES string of the molecule is Clc1ccc(-c2ncc(CBr)s2)cc1Cl. The molecule has 0 bridgehead atoms. The van der Waals surface area contributed by atoms with Gasteiger partial charge in [-0.25, -0.2) is 4.98 Å². The van der Waals surface area contributed by atoms with Crippen LogP contribution < -0.4 is 0 Å². The van der Waals surface area contributed by atoms with Crippen molar-refractivity contribution in [1.82, 2.24) is 4.98 Å². The molecule has 0 N–H and O–H groups in total. The van der Waals surface area contributed by atoms with Crippen LogP contribution >= 0.6 is 50.5 Å². The third-order valence-electron chi connectivity index (χ3n) is 1.85. The van der Waals surface area contributed by atoms with Gasteiger partial charge >= 0.3 is 0 Å². The number of alkyl halides is 1. The number of benzene rings is 1. The van der Waals surface area contributed by atoms with Gasteiger partial charge in [0, 0.05) is 22.0 Å². The van der Waals surface area contributed by atoms with E-state index in [9.17, 15) is 0 Å². The first-order valence-corrected chi connectivity index (χ1v) is 6.86. The van der Waals surface area contributed by atoms with Gasteiger partial charge in [-0.05, 0) is 12.1 Å². The zero-order chi connectivity index (χ0) is 10.8. The Balaban J connectivity index is 2.40. The van der Waals surface area contributed by atoms with Crippen molar-refractivity contribution in [3.63, 3.8) is 0 Å². The van der Waals surface area contributed by atoms with Gasteiger partial charge in [0.1, 0.15) is 5.01 Å². The normalized spacial score (nSPS) is 10.6. The van der Waals surface area contributed by atoms with Gasteiger partial charge < -0.3 is 0 Å². The molecule has 0 amide bonds. The molecular weight excluding hydrogens is 317 g/mol.